The van der Waals surface area contributed by atoms with Crippen molar-refractivity contribution >= 4 is 23.3 Å². The molecule has 26 heavy (non-hydrogen) atoms. The number of nitrogens with one attached hydrogen (secondary N) is 3. The molecule has 3 amide bonds. The van der Waals surface area contributed by atoms with Gasteiger partial charge in [-0.15, -0.1) is 0 Å². The summed E-state index contributed by atoms with van der Waals surface area (Å²) >= 11 is 0. The molecule has 0 bridgehead atoms. The highest BCUT2D eigenvalue weighted by Crippen LogP contribution is 2.17. The number of carbonyl (C=O) groups is 2. The first-order valence-electron chi connectivity index (χ1n) is 9.94. The highest BCUT2D eigenvalue weighted by molar-refractivity contribution is 5.94. The number of amides is 3. The maximum absolute atomic E-state index is 12.1. The monoisotopic (exact) mass is 361 g/mol. The fraction of sp³-hybridized carbons (Fsp3) is 0.619. The molecule has 0 aliphatic rings. The first kappa shape index (κ1) is 22.0. The number of benzene rings is 1. The molecule has 1 rings (SSSR count). The van der Waals surface area contributed by atoms with Crippen molar-refractivity contribution < 1.29 is 9.59 Å². The Morgan fingerprint density at radius 1 is 0.923 bits per heavy atom. The van der Waals surface area contributed by atoms with Crippen LogP contribution in [0.25, 0.3) is 0 Å². The van der Waals surface area contributed by atoms with Crippen LogP contribution in [-0.4, -0.2) is 18.0 Å². The predicted octanol–water partition coefficient (Wildman–Crippen LogP) is 5.54. The summed E-state index contributed by atoms with van der Waals surface area (Å²) in [6.45, 7) is 8.21. The lowest BCUT2D eigenvalue weighted by Gasteiger charge is -2.15. The molecule has 146 valence electrons. The van der Waals surface area contributed by atoms with Crippen LogP contribution in [0.15, 0.2) is 24.3 Å². The Labute approximate surface area is 158 Å². The number of rotatable bonds is 11. The van der Waals surface area contributed by atoms with Crippen LogP contribution in [0, 0.1) is 5.92 Å². The zero-order chi connectivity index (χ0) is 19.4. The van der Waals surface area contributed by atoms with Crippen molar-refractivity contribution in [3.63, 3.8) is 0 Å². The van der Waals surface area contributed by atoms with Gasteiger partial charge in [-0.05, 0) is 38.0 Å². The van der Waals surface area contributed by atoms with Crippen LogP contribution in [0.4, 0.5) is 16.2 Å². The molecular weight excluding hydrogens is 326 g/mol. The summed E-state index contributed by atoms with van der Waals surface area (Å²) in [5.41, 5.74) is 1.37. The summed E-state index contributed by atoms with van der Waals surface area (Å²) in [6, 6.07) is 7.18. The largest absolute Gasteiger partial charge is 0.335 e. The number of hydrogen-bond donors (Lipinski definition) is 3. The Bertz CT molecular complexity index is 560. The van der Waals surface area contributed by atoms with E-state index >= 15 is 0 Å². The Kier molecular flexibility index (Phi) is 10.4. The second kappa shape index (κ2) is 12.3. The van der Waals surface area contributed by atoms with E-state index in [2.05, 4.69) is 29.8 Å². The molecule has 2 atom stereocenters. The summed E-state index contributed by atoms with van der Waals surface area (Å²) in [6.07, 6.45) is 7.63. The first-order chi connectivity index (χ1) is 12.5. The van der Waals surface area contributed by atoms with Gasteiger partial charge in [0, 0.05) is 23.3 Å². The Morgan fingerprint density at radius 2 is 1.62 bits per heavy atom. The molecule has 0 heterocycles. The smallest absolute Gasteiger partial charge is 0.319 e. The molecule has 0 fully saturated rings. The Hall–Kier alpha value is -2.04. The fourth-order valence-corrected chi connectivity index (χ4v) is 2.84. The van der Waals surface area contributed by atoms with Crippen LogP contribution in [-0.2, 0) is 4.79 Å². The number of urea groups is 1. The van der Waals surface area contributed by atoms with Gasteiger partial charge >= 0.3 is 6.03 Å². The molecule has 3 N–H and O–H groups in total. The van der Waals surface area contributed by atoms with E-state index in [1.165, 1.54) is 19.3 Å². The van der Waals surface area contributed by atoms with Crippen LogP contribution in [0.1, 0.15) is 72.6 Å². The zero-order valence-electron chi connectivity index (χ0n) is 16.7. The van der Waals surface area contributed by atoms with E-state index in [0.717, 1.165) is 25.7 Å². The third-order valence-corrected chi connectivity index (χ3v) is 4.43. The van der Waals surface area contributed by atoms with E-state index in [4.69, 9.17) is 0 Å². The number of hydrogen-bond acceptors (Lipinski definition) is 2. The van der Waals surface area contributed by atoms with E-state index in [0.29, 0.717) is 11.4 Å². The quantitative estimate of drug-likeness (QED) is 0.453. The minimum Gasteiger partial charge on any atom is -0.335 e. The standard InChI is InChI=1S/C21H35N3O2/c1-5-7-8-9-12-17(4)22-21(26)24-19-14-10-13-18(15-19)23-20(25)16(3)11-6-2/h10,13-17H,5-9,11-12H2,1-4H3,(H,23,25)(H2,22,24,26). The average molecular weight is 362 g/mol. The molecule has 0 spiro atoms. The van der Waals surface area contributed by atoms with Crippen molar-refractivity contribution in [3.05, 3.63) is 24.3 Å². The lowest BCUT2D eigenvalue weighted by molar-refractivity contribution is -0.119. The van der Waals surface area contributed by atoms with Crippen molar-refractivity contribution in [1.82, 2.24) is 5.32 Å². The first-order valence-corrected chi connectivity index (χ1v) is 9.94. The molecule has 1 aromatic rings. The fourth-order valence-electron chi connectivity index (χ4n) is 2.84. The maximum Gasteiger partial charge on any atom is 0.319 e. The summed E-state index contributed by atoms with van der Waals surface area (Å²) in [7, 11) is 0. The van der Waals surface area contributed by atoms with E-state index in [1.54, 1.807) is 6.07 Å². The molecule has 0 aromatic heterocycles. The molecule has 0 aliphatic carbocycles. The predicted molar refractivity (Wildman–Crippen MR) is 110 cm³/mol. The van der Waals surface area contributed by atoms with E-state index < -0.39 is 0 Å². The van der Waals surface area contributed by atoms with E-state index in [9.17, 15) is 9.59 Å². The molecule has 2 unspecified atom stereocenters. The van der Waals surface area contributed by atoms with Crippen molar-refractivity contribution in [1.29, 1.82) is 0 Å². The zero-order valence-corrected chi connectivity index (χ0v) is 16.7. The molecule has 5 heteroatoms. The van der Waals surface area contributed by atoms with Gasteiger partial charge in [0.25, 0.3) is 0 Å². The Morgan fingerprint density at radius 3 is 2.27 bits per heavy atom. The molecule has 0 saturated heterocycles. The second-order valence-corrected chi connectivity index (χ2v) is 7.11. The highest BCUT2D eigenvalue weighted by atomic mass is 16.2. The summed E-state index contributed by atoms with van der Waals surface area (Å²) in [5.74, 6) is -0.0115. The summed E-state index contributed by atoms with van der Waals surface area (Å²) in [5, 5.41) is 8.71. The second-order valence-electron chi connectivity index (χ2n) is 7.11. The van der Waals surface area contributed by atoms with Crippen LogP contribution in [0.2, 0.25) is 0 Å². The third kappa shape index (κ3) is 8.88. The number of carbonyl (C=O) groups excluding carboxylic acids is 2. The SMILES string of the molecule is CCCCCCC(C)NC(=O)Nc1cccc(NC(=O)C(C)CCC)c1. The van der Waals surface area contributed by atoms with Gasteiger partial charge in [0.1, 0.15) is 0 Å². The van der Waals surface area contributed by atoms with E-state index in [1.807, 2.05) is 32.0 Å². The van der Waals surface area contributed by atoms with Gasteiger partial charge in [0.15, 0.2) is 0 Å². The minimum absolute atomic E-state index is 0.00848. The molecular formula is C21H35N3O2. The lowest BCUT2D eigenvalue weighted by Crippen LogP contribution is -2.36. The molecule has 0 saturated carbocycles. The van der Waals surface area contributed by atoms with Gasteiger partial charge in [-0.3, -0.25) is 4.79 Å². The van der Waals surface area contributed by atoms with Crippen LogP contribution in [0.3, 0.4) is 0 Å². The third-order valence-electron chi connectivity index (χ3n) is 4.43. The normalized spacial score (nSPS) is 12.9. The van der Waals surface area contributed by atoms with Gasteiger partial charge in [-0.1, -0.05) is 58.9 Å². The van der Waals surface area contributed by atoms with E-state index in [-0.39, 0.29) is 23.9 Å². The highest BCUT2D eigenvalue weighted by Gasteiger charge is 2.12. The van der Waals surface area contributed by atoms with Gasteiger partial charge in [-0.25, -0.2) is 4.79 Å². The molecule has 5 nitrogen and oxygen atoms in total. The summed E-state index contributed by atoms with van der Waals surface area (Å²) < 4.78 is 0. The summed E-state index contributed by atoms with van der Waals surface area (Å²) in [4.78, 5) is 24.2. The van der Waals surface area contributed by atoms with Crippen molar-refractivity contribution in [2.24, 2.45) is 5.92 Å². The minimum atomic E-state index is -0.212. The average Bonchev–Trinajstić information content (AvgIpc) is 2.59. The lowest BCUT2D eigenvalue weighted by atomic mass is 10.1. The van der Waals surface area contributed by atoms with Crippen molar-refractivity contribution in [2.75, 3.05) is 10.6 Å². The maximum atomic E-state index is 12.1. The van der Waals surface area contributed by atoms with Crippen molar-refractivity contribution in [3.8, 4) is 0 Å². The van der Waals surface area contributed by atoms with Crippen molar-refractivity contribution in [2.45, 2.75) is 78.7 Å². The van der Waals surface area contributed by atoms with Crippen LogP contribution >= 0.6 is 0 Å². The van der Waals surface area contributed by atoms with Gasteiger partial charge in [0.2, 0.25) is 5.91 Å². The van der Waals surface area contributed by atoms with Gasteiger partial charge < -0.3 is 16.0 Å². The van der Waals surface area contributed by atoms with Crippen LogP contribution < -0.4 is 16.0 Å². The number of anilines is 2. The molecule has 1 aromatic carbocycles. The molecule has 0 aliphatic heterocycles. The Balaban J connectivity index is 2.47. The van der Waals surface area contributed by atoms with Crippen LogP contribution in [0.5, 0.6) is 0 Å². The molecule has 0 radical (unpaired) electrons. The topological polar surface area (TPSA) is 70.2 Å². The number of unbranched alkanes of at least 4 members (excludes halogenated alkanes) is 3. The van der Waals surface area contributed by atoms with Gasteiger partial charge in [-0.2, -0.15) is 0 Å². The van der Waals surface area contributed by atoms with Gasteiger partial charge in [0.05, 0.1) is 0 Å².